The van der Waals surface area contributed by atoms with Gasteiger partial charge in [0.1, 0.15) is 15.5 Å². The number of hydrogen-bond donors (Lipinski definition) is 1. The average molecular weight is 450 g/mol. The summed E-state index contributed by atoms with van der Waals surface area (Å²) in [5.74, 6) is -1.64. The summed E-state index contributed by atoms with van der Waals surface area (Å²) in [5.41, 5.74) is 0.606. The van der Waals surface area contributed by atoms with E-state index in [9.17, 15) is 14.4 Å². The fraction of sp³-hybridized carbons (Fsp3) is 0.318. The van der Waals surface area contributed by atoms with Crippen molar-refractivity contribution in [1.82, 2.24) is 0 Å². The van der Waals surface area contributed by atoms with Crippen molar-refractivity contribution in [2.24, 2.45) is 0 Å². The molecule has 160 valence electrons. The van der Waals surface area contributed by atoms with Crippen LogP contribution in [-0.4, -0.2) is 30.1 Å². The van der Waals surface area contributed by atoms with Crippen LogP contribution in [0.4, 0.5) is 5.00 Å². The maximum absolute atomic E-state index is 12.6. The van der Waals surface area contributed by atoms with Crippen molar-refractivity contribution < 1.29 is 23.9 Å². The van der Waals surface area contributed by atoms with E-state index in [1.165, 1.54) is 6.08 Å². The van der Waals surface area contributed by atoms with E-state index in [2.05, 4.69) is 5.32 Å². The minimum absolute atomic E-state index is 0.146. The summed E-state index contributed by atoms with van der Waals surface area (Å²) in [6, 6.07) is 7.02. The number of rotatable bonds is 6. The lowest BCUT2D eigenvalue weighted by molar-refractivity contribution is -0.111. The molecule has 30 heavy (non-hydrogen) atoms. The zero-order valence-corrected chi connectivity index (χ0v) is 19.1. The van der Waals surface area contributed by atoms with Crippen molar-refractivity contribution in [2.75, 3.05) is 11.9 Å². The Bertz CT molecular complexity index is 988. The van der Waals surface area contributed by atoms with Gasteiger partial charge in [-0.1, -0.05) is 23.7 Å². The predicted octanol–water partition coefficient (Wildman–Crippen LogP) is 5.49. The van der Waals surface area contributed by atoms with Crippen LogP contribution in [-0.2, 0) is 14.3 Å². The van der Waals surface area contributed by atoms with Gasteiger partial charge in [-0.2, -0.15) is 0 Å². The molecule has 0 saturated heterocycles. The minimum Gasteiger partial charge on any atom is -0.462 e. The van der Waals surface area contributed by atoms with Gasteiger partial charge in [0.25, 0.3) is 0 Å². The van der Waals surface area contributed by atoms with Crippen LogP contribution in [0.5, 0.6) is 0 Å². The molecule has 0 saturated carbocycles. The topological polar surface area (TPSA) is 81.7 Å². The van der Waals surface area contributed by atoms with Gasteiger partial charge >= 0.3 is 11.9 Å². The van der Waals surface area contributed by atoms with E-state index >= 15 is 0 Å². The van der Waals surface area contributed by atoms with Gasteiger partial charge in [0.2, 0.25) is 5.91 Å². The highest BCUT2D eigenvalue weighted by molar-refractivity contribution is 7.18. The van der Waals surface area contributed by atoms with Crippen molar-refractivity contribution in [3.8, 4) is 0 Å². The second kappa shape index (κ2) is 9.91. The van der Waals surface area contributed by atoms with E-state index in [1.807, 2.05) is 0 Å². The predicted molar refractivity (Wildman–Crippen MR) is 119 cm³/mol. The molecule has 0 fully saturated rings. The molecule has 2 aromatic rings. The summed E-state index contributed by atoms with van der Waals surface area (Å²) in [7, 11) is 0. The quantitative estimate of drug-likeness (QED) is 0.465. The van der Waals surface area contributed by atoms with Crippen molar-refractivity contribution in [1.29, 1.82) is 0 Å². The Hall–Kier alpha value is -2.64. The molecular formula is C22H24ClNO5S. The zero-order chi connectivity index (χ0) is 22.5. The molecule has 1 aromatic carbocycles. The molecule has 6 nitrogen and oxygen atoms in total. The third-order valence-corrected chi connectivity index (χ3v) is 5.15. The lowest BCUT2D eigenvalue weighted by atomic mass is 10.1. The Morgan fingerprint density at radius 3 is 2.50 bits per heavy atom. The van der Waals surface area contributed by atoms with Crippen LogP contribution in [0.2, 0.25) is 5.02 Å². The molecule has 0 aliphatic heterocycles. The Kier molecular flexibility index (Phi) is 7.81. The van der Waals surface area contributed by atoms with Gasteiger partial charge in [0.05, 0.1) is 12.2 Å². The average Bonchev–Trinajstić information content (AvgIpc) is 2.95. The summed E-state index contributed by atoms with van der Waals surface area (Å²) < 4.78 is 10.5. The summed E-state index contributed by atoms with van der Waals surface area (Å²) >= 11 is 6.92. The number of carbonyl (C=O) groups is 3. The van der Waals surface area contributed by atoms with E-state index in [0.717, 1.165) is 16.9 Å². The molecule has 1 amide bonds. The van der Waals surface area contributed by atoms with Crippen LogP contribution in [0.15, 0.2) is 30.3 Å². The molecule has 0 aliphatic rings. The van der Waals surface area contributed by atoms with Crippen LogP contribution < -0.4 is 5.32 Å². The number of nitrogens with one attached hydrogen (secondary N) is 1. The molecule has 0 unspecified atom stereocenters. The van der Waals surface area contributed by atoms with E-state index in [4.69, 9.17) is 21.1 Å². The SMILES string of the molecule is CCOC(=O)c1c(NC(=O)C=Cc2cccc(Cl)c2)sc(C(=O)OC(C)(C)C)c1C. The number of anilines is 1. The van der Waals surface area contributed by atoms with Crippen LogP contribution in [0.1, 0.15) is 58.9 Å². The lowest BCUT2D eigenvalue weighted by Crippen LogP contribution is -2.23. The van der Waals surface area contributed by atoms with Crippen molar-refractivity contribution in [3.05, 3.63) is 56.9 Å². The molecule has 2 rings (SSSR count). The molecule has 0 spiro atoms. The summed E-state index contributed by atoms with van der Waals surface area (Å²) in [6.45, 7) is 8.73. The standard InChI is InChI=1S/C22H24ClNO5S/c1-6-28-20(26)17-13(2)18(21(27)29-22(3,4)5)30-19(17)24-16(25)11-10-14-8-7-9-15(23)12-14/h7-12H,6H2,1-5H3,(H,24,25). The maximum Gasteiger partial charge on any atom is 0.349 e. The number of esters is 2. The summed E-state index contributed by atoms with van der Waals surface area (Å²) in [4.78, 5) is 37.7. The van der Waals surface area contributed by atoms with Crippen molar-refractivity contribution >= 4 is 51.9 Å². The van der Waals surface area contributed by atoms with Crippen LogP contribution in [0.25, 0.3) is 6.08 Å². The third-order valence-electron chi connectivity index (χ3n) is 3.72. The van der Waals surface area contributed by atoms with Crippen LogP contribution in [0.3, 0.4) is 0 Å². The fourth-order valence-corrected chi connectivity index (χ4v) is 3.78. The smallest absolute Gasteiger partial charge is 0.349 e. The number of benzene rings is 1. The van der Waals surface area contributed by atoms with E-state index in [1.54, 1.807) is 65.0 Å². The third kappa shape index (κ3) is 6.43. The molecule has 0 bridgehead atoms. The van der Waals surface area contributed by atoms with Crippen LogP contribution >= 0.6 is 22.9 Å². The van der Waals surface area contributed by atoms with E-state index in [0.29, 0.717) is 10.6 Å². The first-order valence-corrected chi connectivity index (χ1v) is 10.5. The molecule has 0 atom stereocenters. The first kappa shape index (κ1) is 23.6. The van der Waals surface area contributed by atoms with Gasteiger partial charge in [-0.3, -0.25) is 4.79 Å². The molecule has 0 radical (unpaired) electrons. The number of halogens is 1. The summed E-state index contributed by atoms with van der Waals surface area (Å²) in [5, 5.41) is 3.45. The largest absolute Gasteiger partial charge is 0.462 e. The van der Waals surface area contributed by atoms with Gasteiger partial charge < -0.3 is 14.8 Å². The molecule has 1 aromatic heterocycles. The highest BCUT2D eigenvalue weighted by Gasteiger charge is 2.29. The lowest BCUT2D eigenvalue weighted by Gasteiger charge is -2.19. The van der Waals surface area contributed by atoms with E-state index < -0.39 is 23.4 Å². The second-order valence-electron chi connectivity index (χ2n) is 7.36. The van der Waals surface area contributed by atoms with Gasteiger partial charge in [0, 0.05) is 11.1 Å². The fourth-order valence-electron chi connectivity index (χ4n) is 2.51. The zero-order valence-electron chi connectivity index (χ0n) is 17.5. The van der Waals surface area contributed by atoms with Gasteiger partial charge in [-0.25, -0.2) is 9.59 Å². The van der Waals surface area contributed by atoms with E-state index in [-0.39, 0.29) is 22.0 Å². The monoisotopic (exact) mass is 449 g/mol. The number of amides is 1. The molecule has 0 aliphatic carbocycles. The number of carbonyl (C=O) groups excluding carboxylic acids is 3. The minimum atomic E-state index is -0.694. The summed E-state index contributed by atoms with van der Waals surface area (Å²) in [6.07, 6.45) is 2.92. The van der Waals surface area contributed by atoms with Gasteiger partial charge in [0.15, 0.2) is 0 Å². The van der Waals surface area contributed by atoms with Gasteiger partial charge in [-0.05, 0) is 64.0 Å². The number of hydrogen-bond acceptors (Lipinski definition) is 6. The molecule has 1 heterocycles. The normalized spacial score (nSPS) is 11.4. The maximum atomic E-state index is 12.6. The highest BCUT2D eigenvalue weighted by atomic mass is 35.5. The Morgan fingerprint density at radius 1 is 1.20 bits per heavy atom. The number of thiophene rings is 1. The van der Waals surface area contributed by atoms with Crippen molar-refractivity contribution in [2.45, 2.75) is 40.2 Å². The first-order valence-electron chi connectivity index (χ1n) is 9.30. The van der Waals surface area contributed by atoms with Gasteiger partial charge in [-0.15, -0.1) is 11.3 Å². The first-order chi connectivity index (χ1) is 14.0. The highest BCUT2D eigenvalue weighted by Crippen LogP contribution is 2.35. The molecular weight excluding hydrogens is 426 g/mol. The van der Waals surface area contributed by atoms with Crippen LogP contribution in [0, 0.1) is 6.92 Å². The molecule has 8 heteroatoms. The Morgan fingerprint density at radius 2 is 1.90 bits per heavy atom. The Labute approximate surface area is 184 Å². The number of ether oxygens (including phenoxy) is 2. The Balaban J connectivity index is 2.32. The van der Waals surface area contributed by atoms with Crippen molar-refractivity contribution in [3.63, 3.8) is 0 Å². The second-order valence-corrected chi connectivity index (χ2v) is 8.82. The molecule has 1 N–H and O–H groups in total.